The molecule has 6 heteroatoms. The van der Waals surface area contributed by atoms with E-state index in [0.29, 0.717) is 37.5 Å². The number of ether oxygens (including phenoxy) is 1. The number of morpholine rings is 1. The summed E-state index contributed by atoms with van der Waals surface area (Å²) in [6.07, 6.45) is 0.246. The van der Waals surface area contributed by atoms with Gasteiger partial charge in [-0.15, -0.1) is 0 Å². The monoisotopic (exact) mass is 293 g/mol. The molecule has 2 atom stereocenters. The Hall–Kier alpha value is -1.63. The van der Waals surface area contributed by atoms with Crippen molar-refractivity contribution in [1.29, 1.82) is 0 Å². The maximum Gasteiger partial charge on any atom is 0.225 e. The summed E-state index contributed by atoms with van der Waals surface area (Å²) in [4.78, 5) is 14.1. The van der Waals surface area contributed by atoms with Gasteiger partial charge < -0.3 is 20.9 Å². The van der Waals surface area contributed by atoms with E-state index in [1.807, 2.05) is 6.07 Å². The lowest BCUT2D eigenvalue weighted by Gasteiger charge is -2.37. The number of hydrogen-bond donors (Lipinski definition) is 3. The van der Waals surface area contributed by atoms with Gasteiger partial charge >= 0.3 is 0 Å². The number of rotatable bonds is 5. The Labute approximate surface area is 124 Å². The molecule has 0 spiro atoms. The minimum absolute atomic E-state index is 0.0126. The number of nitrogens with zero attached hydrogens (tertiary/aromatic N) is 1. The van der Waals surface area contributed by atoms with Crippen molar-refractivity contribution in [2.45, 2.75) is 25.5 Å². The van der Waals surface area contributed by atoms with Gasteiger partial charge in [-0.2, -0.15) is 0 Å². The molecule has 0 radical (unpaired) electrons. The number of carbonyl (C=O) groups excluding carboxylic acids is 1. The predicted molar refractivity (Wildman–Crippen MR) is 82.0 cm³/mol. The largest absolute Gasteiger partial charge is 0.399 e. The van der Waals surface area contributed by atoms with Crippen LogP contribution in [0.15, 0.2) is 24.3 Å². The number of aliphatic hydroxyl groups excluding tert-OH is 1. The summed E-state index contributed by atoms with van der Waals surface area (Å²) >= 11 is 0. The van der Waals surface area contributed by atoms with Gasteiger partial charge in [0.25, 0.3) is 0 Å². The molecule has 1 heterocycles. The Morgan fingerprint density at radius 3 is 3.10 bits per heavy atom. The van der Waals surface area contributed by atoms with Crippen LogP contribution in [0.1, 0.15) is 13.3 Å². The summed E-state index contributed by atoms with van der Waals surface area (Å²) in [5.41, 5.74) is 7.01. The topological polar surface area (TPSA) is 87.8 Å². The van der Waals surface area contributed by atoms with E-state index in [1.165, 1.54) is 0 Å². The summed E-state index contributed by atoms with van der Waals surface area (Å²) < 4.78 is 5.48. The fraction of sp³-hybridized carbons (Fsp3) is 0.533. The fourth-order valence-corrected chi connectivity index (χ4v) is 2.38. The van der Waals surface area contributed by atoms with Crippen molar-refractivity contribution in [3.8, 4) is 0 Å². The van der Waals surface area contributed by atoms with Crippen LogP contribution in [-0.2, 0) is 9.53 Å². The summed E-state index contributed by atoms with van der Waals surface area (Å²) in [7, 11) is 0. The van der Waals surface area contributed by atoms with Gasteiger partial charge in [-0.25, -0.2) is 0 Å². The first kappa shape index (κ1) is 15.8. The highest BCUT2D eigenvalue weighted by atomic mass is 16.5. The quantitative estimate of drug-likeness (QED) is 0.695. The zero-order valence-electron chi connectivity index (χ0n) is 12.3. The minimum Gasteiger partial charge on any atom is -0.399 e. The lowest BCUT2D eigenvalue weighted by molar-refractivity contribution is -0.118. The van der Waals surface area contributed by atoms with Crippen LogP contribution in [0.25, 0.3) is 0 Å². The molecule has 6 nitrogen and oxygen atoms in total. The Kier molecular flexibility index (Phi) is 5.55. The first-order valence-electron chi connectivity index (χ1n) is 7.20. The standard InChI is InChI=1S/C15H23N3O3/c1-11-10-21-14(9-19)8-18(11)6-5-15(20)17-13-4-2-3-12(16)7-13/h2-4,7,11,14,19H,5-6,8-10,16H2,1H3,(H,17,20). The molecule has 2 unspecified atom stereocenters. The third-order valence-corrected chi connectivity index (χ3v) is 3.63. The molecule has 1 saturated heterocycles. The van der Waals surface area contributed by atoms with Gasteiger partial charge in [-0.3, -0.25) is 9.69 Å². The number of hydrogen-bond acceptors (Lipinski definition) is 5. The average Bonchev–Trinajstić information content (AvgIpc) is 2.46. The molecule has 1 amide bonds. The molecule has 1 aliphatic rings. The molecule has 1 fully saturated rings. The van der Waals surface area contributed by atoms with E-state index in [2.05, 4.69) is 17.1 Å². The highest BCUT2D eigenvalue weighted by Crippen LogP contribution is 2.14. The number of benzene rings is 1. The third-order valence-electron chi connectivity index (χ3n) is 3.63. The molecule has 0 bridgehead atoms. The van der Waals surface area contributed by atoms with E-state index in [0.717, 1.165) is 0 Å². The van der Waals surface area contributed by atoms with Crippen LogP contribution in [-0.4, -0.2) is 54.4 Å². The smallest absolute Gasteiger partial charge is 0.225 e. The lowest BCUT2D eigenvalue weighted by atomic mass is 10.2. The Morgan fingerprint density at radius 2 is 2.38 bits per heavy atom. The Balaban J connectivity index is 1.80. The molecule has 0 saturated carbocycles. The fourth-order valence-electron chi connectivity index (χ4n) is 2.38. The summed E-state index contributed by atoms with van der Waals surface area (Å²) in [5, 5.41) is 12.0. The van der Waals surface area contributed by atoms with E-state index >= 15 is 0 Å². The minimum atomic E-state index is -0.154. The van der Waals surface area contributed by atoms with Crippen LogP contribution in [0.2, 0.25) is 0 Å². The van der Waals surface area contributed by atoms with Crippen molar-refractivity contribution in [2.24, 2.45) is 0 Å². The second-order valence-corrected chi connectivity index (χ2v) is 5.41. The number of aliphatic hydroxyl groups is 1. The van der Waals surface area contributed by atoms with Crippen LogP contribution < -0.4 is 11.1 Å². The van der Waals surface area contributed by atoms with Gasteiger partial charge in [0.05, 0.1) is 19.3 Å². The first-order valence-corrected chi connectivity index (χ1v) is 7.20. The number of carbonyl (C=O) groups is 1. The molecule has 1 aromatic carbocycles. The predicted octanol–water partition coefficient (Wildman–Crippen LogP) is 0.679. The van der Waals surface area contributed by atoms with Crippen molar-refractivity contribution < 1.29 is 14.6 Å². The average molecular weight is 293 g/mol. The number of anilines is 2. The molecule has 4 N–H and O–H groups in total. The zero-order valence-corrected chi connectivity index (χ0v) is 12.3. The number of nitrogens with two attached hydrogens (primary N) is 1. The number of amides is 1. The van der Waals surface area contributed by atoms with Crippen LogP contribution >= 0.6 is 0 Å². The van der Waals surface area contributed by atoms with Gasteiger partial charge in [-0.1, -0.05) is 6.07 Å². The van der Waals surface area contributed by atoms with Crippen LogP contribution in [0.4, 0.5) is 11.4 Å². The molecule has 116 valence electrons. The first-order chi connectivity index (χ1) is 10.1. The maximum atomic E-state index is 12.0. The highest BCUT2D eigenvalue weighted by Gasteiger charge is 2.25. The van der Waals surface area contributed by atoms with Crippen molar-refractivity contribution >= 4 is 17.3 Å². The van der Waals surface area contributed by atoms with E-state index in [1.54, 1.807) is 18.2 Å². The number of nitrogens with one attached hydrogen (secondary N) is 1. The summed E-state index contributed by atoms with van der Waals surface area (Å²) in [6.45, 7) is 3.96. The Morgan fingerprint density at radius 1 is 1.57 bits per heavy atom. The van der Waals surface area contributed by atoms with E-state index in [-0.39, 0.29) is 24.7 Å². The Bertz CT molecular complexity index is 481. The summed E-state index contributed by atoms with van der Waals surface area (Å²) in [6, 6.07) is 7.39. The second-order valence-electron chi connectivity index (χ2n) is 5.41. The van der Waals surface area contributed by atoms with Crippen LogP contribution in [0.3, 0.4) is 0 Å². The van der Waals surface area contributed by atoms with Gasteiger partial charge in [0.1, 0.15) is 0 Å². The molecule has 1 aromatic rings. The second kappa shape index (κ2) is 7.40. The van der Waals surface area contributed by atoms with Crippen molar-refractivity contribution in [2.75, 3.05) is 37.4 Å². The third kappa shape index (κ3) is 4.70. The van der Waals surface area contributed by atoms with E-state index in [4.69, 9.17) is 15.6 Å². The van der Waals surface area contributed by atoms with Crippen molar-refractivity contribution in [3.63, 3.8) is 0 Å². The van der Waals surface area contributed by atoms with Gasteiger partial charge in [0, 0.05) is 36.9 Å². The molecule has 0 aliphatic carbocycles. The highest BCUT2D eigenvalue weighted by molar-refractivity contribution is 5.91. The van der Waals surface area contributed by atoms with Gasteiger partial charge in [-0.05, 0) is 25.1 Å². The van der Waals surface area contributed by atoms with Crippen LogP contribution in [0.5, 0.6) is 0 Å². The maximum absolute atomic E-state index is 12.0. The van der Waals surface area contributed by atoms with Gasteiger partial charge in [0.15, 0.2) is 0 Å². The molecule has 2 rings (SSSR count). The van der Waals surface area contributed by atoms with Crippen molar-refractivity contribution in [3.05, 3.63) is 24.3 Å². The van der Waals surface area contributed by atoms with Crippen molar-refractivity contribution in [1.82, 2.24) is 4.90 Å². The van der Waals surface area contributed by atoms with E-state index in [9.17, 15) is 4.79 Å². The normalized spacial score (nSPS) is 23.0. The van der Waals surface area contributed by atoms with Crippen LogP contribution in [0, 0.1) is 0 Å². The zero-order chi connectivity index (χ0) is 15.2. The van der Waals surface area contributed by atoms with Gasteiger partial charge in [0.2, 0.25) is 5.91 Å². The number of nitrogen functional groups attached to an aromatic ring is 1. The lowest BCUT2D eigenvalue weighted by Crippen LogP contribution is -2.50. The van der Waals surface area contributed by atoms with E-state index < -0.39 is 0 Å². The summed E-state index contributed by atoms with van der Waals surface area (Å²) in [5.74, 6) is -0.0418. The molecule has 0 aromatic heterocycles. The molecular weight excluding hydrogens is 270 g/mol. The molecule has 1 aliphatic heterocycles. The SMILES string of the molecule is CC1COC(CO)CN1CCC(=O)Nc1cccc(N)c1. The molecule has 21 heavy (non-hydrogen) atoms. The molecular formula is C15H23N3O3.